The lowest BCUT2D eigenvalue weighted by atomic mass is 9.95. The van der Waals surface area contributed by atoms with Crippen molar-refractivity contribution in [2.75, 3.05) is 13.1 Å². The number of rotatable bonds is 5. The van der Waals surface area contributed by atoms with Gasteiger partial charge in [-0.1, -0.05) is 67.4 Å². The molecule has 1 aliphatic carbocycles. The SMILES string of the molecule is Cn1nc(C2CCN(C(=O)Cc3ccc(-c4ccccc4)cc3)CC2)n(C2CCCC2)c1=O. The van der Waals surface area contributed by atoms with Gasteiger partial charge in [-0.15, -0.1) is 0 Å². The molecule has 1 saturated heterocycles. The molecule has 2 fully saturated rings. The molecule has 0 spiro atoms. The third kappa shape index (κ3) is 4.52. The number of amides is 1. The summed E-state index contributed by atoms with van der Waals surface area (Å²) in [5, 5.41) is 4.61. The predicted molar refractivity (Wildman–Crippen MR) is 129 cm³/mol. The maximum Gasteiger partial charge on any atom is 0.345 e. The van der Waals surface area contributed by atoms with E-state index in [9.17, 15) is 9.59 Å². The van der Waals surface area contributed by atoms with Crippen LogP contribution >= 0.6 is 0 Å². The van der Waals surface area contributed by atoms with Crippen molar-refractivity contribution in [3.63, 3.8) is 0 Å². The second-order valence-corrected chi connectivity index (χ2v) is 9.47. The van der Waals surface area contributed by atoms with Crippen molar-refractivity contribution in [2.24, 2.45) is 7.05 Å². The molecular formula is C27H32N4O2. The van der Waals surface area contributed by atoms with Crippen molar-refractivity contribution in [3.8, 4) is 11.1 Å². The van der Waals surface area contributed by atoms with Crippen molar-refractivity contribution in [1.29, 1.82) is 0 Å². The van der Waals surface area contributed by atoms with E-state index in [0.29, 0.717) is 12.5 Å². The van der Waals surface area contributed by atoms with Gasteiger partial charge in [-0.2, -0.15) is 5.10 Å². The van der Waals surface area contributed by atoms with Gasteiger partial charge in [0.1, 0.15) is 5.82 Å². The molecule has 1 saturated carbocycles. The average Bonchev–Trinajstić information content (AvgIpc) is 3.48. The van der Waals surface area contributed by atoms with E-state index < -0.39 is 0 Å². The van der Waals surface area contributed by atoms with Gasteiger partial charge in [0.2, 0.25) is 5.91 Å². The van der Waals surface area contributed by atoms with E-state index in [1.54, 1.807) is 7.05 Å². The lowest BCUT2D eigenvalue weighted by molar-refractivity contribution is -0.131. The van der Waals surface area contributed by atoms with Crippen molar-refractivity contribution in [3.05, 3.63) is 76.5 Å². The Labute approximate surface area is 194 Å². The third-order valence-electron chi connectivity index (χ3n) is 7.30. The molecule has 0 atom stereocenters. The molecule has 1 aliphatic heterocycles. The Bertz CT molecular complexity index is 1150. The van der Waals surface area contributed by atoms with Gasteiger partial charge in [0.15, 0.2) is 0 Å². The van der Waals surface area contributed by atoms with Crippen LogP contribution in [0.2, 0.25) is 0 Å². The molecule has 2 heterocycles. The van der Waals surface area contributed by atoms with Crippen LogP contribution in [0.5, 0.6) is 0 Å². The van der Waals surface area contributed by atoms with Gasteiger partial charge in [-0.05, 0) is 42.4 Å². The molecule has 2 aliphatic rings. The summed E-state index contributed by atoms with van der Waals surface area (Å²) in [5.74, 6) is 1.35. The van der Waals surface area contributed by atoms with E-state index in [1.807, 2.05) is 27.7 Å². The fourth-order valence-corrected chi connectivity index (χ4v) is 5.40. The predicted octanol–water partition coefficient (Wildman–Crippen LogP) is 4.31. The smallest absolute Gasteiger partial charge is 0.342 e. The van der Waals surface area contributed by atoms with Gasteiger partial charge in [0.25, 0.3) is 0 Å². The number of piperidine rings is 1. The highest BCUT2D eigenvalue weighted by Crippen LogP contribution is 2.33. The first-order valence-corrected chi connectivity index (χ1v) is 12.2. The highest BCUT2D eigenvalue weighted by molar-refractivity contribution is 5.79. The van der Waals surface area contributed by atoms with Crippen molar-refractivity contribution >= 4 is 5.91 Å². The molecule has 1 amide bonds. The monoisotopic (exact) mass is 444 g/mol. The summed E-state index contributed by atoms with van der Waals surface area (Å²) in [6, 6.07) is 18.9. The maximum atomic E-state index is 13.0. The Morgan fingerprint density at radius 2 is 1.55 bits per heavy atom. The Morgan fingerprint density at radius 1 is 0.909 bits per heavy atom. The third-order valence-corrected chi connectivity index (χ3v) is 7.30. The van der Waals surface area contributed by atoms with E-state index in [1.165, 1.54) is 23.1 Å². The molecular weight excluding hydrogens is 412 g/mol. The Hall–Kier alpha value is -3.15. The number of aromatic nitrogens is 3. The minimum Gasteiger partial charge on any atom is -0.342 e. The average molecular weight is 445 g/mol. The zero-order chi connectivity index (χ0) is 22.8. The summed E-state index contributed by atoms with van der Waals surface area (Å²) in [5.41, 5.74) is 3.40. The van der Waals surface area contributed by atoms with Crippen LogP contribution in [0.1, 0.15) is 61.9 Å². The van der Waals surface area contributed by atoms with Crippen molar-refractivity contribution in [1.82, 2.24) is 19.2 Å². The summed E-state index contributed by atoms with van der Waals surface area (Å²) in [6.45, 7) is 1.45. The summed E-state index contributed by atoms with van der Waals surface area (Å²) in [4.78, 5) is 27.6. The molecule has 172 valence electrons. The minimum absolute atomic E-state index is 0.00866. The van der Waals surface area contributed by atoms with Crippen LogP contribution in [-0.4, -0.2) is 38.2 Å². The van der Waals surface area contributed by atoms with E-state index in [-0.39, 0.29) is 17.5 Å². The summed E-state index contributed by atoms with van der Waals surface area (Å²) in [6.07, 6.45) is 6.66. The molecule has 6 heteroatoms. The number of aryl methyl sites for hydroxylation is 1. The lowest BCUT2D eigenvalue weighted by Gasteiger charge is -2.32. The molecule has 0 radical (unpaired) electrons. The van der Waals surface area contributed by atoms with Crippen molar-refractivity contribution < 1.29 is 4.79 Å². The highest BCUT2D eigenvalue weighted by atomic mass is 16.2. The van der Waals surface area contributed by atoms with Crippen LogP contribution in [0.15, 0.2) is 59.4 Å². The van der Waals surface area contributed by atoms with E-state index in [2.05, 4.69) is 41.5 Å². The number of nitrogens with zero attached hydrogens (tertiary/aromatic N) is 4. The van der Waals surface area contributed by atoms with Gasteiger partial charge in [-0.25, -0.2) is 9.48 Å². The molecule has 33 heavy (non-hydrogen) atoms. The topological polar surface area (TPSA) is 60.1 Å². The Kier molecular flexibility index (Phi) is 6.16. The van der Waals surface area contributed by atoms with Crippen LogP contribution in [-0.2, 0) is 18.3 Å². The molecule has 3 aromatic rings. The van der Waals surface area contributed by atoms with Crippen LogP contribution in [0, 0.1) is 0 Å². The van der Waals surface area contributed by atoms with Crippen LogP contribution < -0.4 is 5.69 Å². The zero-order valence-electron chi connectivity index (χ0n) is 19.3. The van der Waals surface area contributed by atoms with Gasteiger partial charge in [0, 0.05) is 32.1 Å². The highest BCUT2D eigenvalue weighted by Gasteiger charge is 2.31. The first-order chi connectivity index (χ1) is 16.1. The van der Waals surface area contributed by atoms with E-state index >= 15 is 0 Å². The normalized spacial score (nSPS) is 17.5. The second-order valence-electron chi connectivity index (χ2n) is 9.47. The molecule has 0 unspecified atom stereocenters. The number of likely N-dealkylation sites (tertiary alicyclic amines) is 1. The fourth-order valence-electron chi connectivity index (χ4n) is 5.40. The largest absolute Gasteiger partial charge is 0.345 e. The molecule has 0 N–H and O–H groups in total. The Morgan fingerprint density at radius 3 is 2.21 bits per heavy atom. The molecule has 0 bridgehead atoms. The van der Waals surface area contributed by atoms with Crippen molar-refractivity contribution in [2.45, 2.75) is 56.9 Å². The van der Waals surface area contributed by atoms with Crippen LogP contribution in [0.3, 0.4) is 0 Å². The summed E-state index contributed by atoms with van der Waals surface area (Å²) < 4.78 is 3.45. The van der Waals surface area contributed by atoms with Crippen LogP contribution in [0.4, 0.5) is 0 Å². The standard InChI is InChI=1S/C27H32N4O2/c1-29-27(33)31(24-9-5-6-10-24)26(28-29)23-15-17-30(18-16-23)25(32)19-20-11-13-22(14-12-20)21-7-3-2-4-8-21/h2-4,7-8,11-14,23-24H,5-6,9-10,15-19H2,1H3. The summed E-state index contributed by atoms with van der Waals surface area (Å²) >= 11 is 0. The quantitative estimate of drug-likeness (QED) is 0.589. The van der Waals surface area contributed by atoms with Crippen LogP contribution in [0.25, 0.3) is 11.1 Å². The van der Waals surface area contributed by atoms with Gasteiger partial charge in [0.05, 0.1) is 6.42 Å². The van der Waals surface area contributed by atoms with Gasteiger partial charge in [-0.3, -0.25) is 9.36 Å². The number of carbonyl (C=O) groups excluding carboxylic acids is 1. The Balaban J connectivity index is 1.21. The first kappa shape index (κ1) is 21.7. The molecule has 1 aromatic heterocycles. The number of carbonyl (C=O) groups is 1. The maximum absolute atomic E-state index is 13.0. The summed E-state index contributed by atoms with van der Waals surface area (Å²) in [7, 11) is 1.75. The van der Waals surface area contributed by atoms with Gasteiger partial charge >= 0.3 is 5.69 Å². The number of benzene rings is 2. The second kappa shape index (κ2) is 9.38. The van der Waals surface area contributed by atoms with Gasteiger partial charge < -0.3 is 4.90 Å². The lowest BCUT2D eigenvalue weighted by Crippen LogP contribution is -2.39. The minimum atomic E-state index is 0.00866. The molecule has 5 rings (SSSR count). The molecule has 2 aromatic carbocycles. The zero-order valence-corrected chi connectivity index (χ0v) is 19.3. The first-order valence-electron chi connectivity index (χ1n) is 12.2. The molecule has 6 nitrogen and oxygen atoms in total. The fraction of sp³-hybridized carbons (Fsp3) is 0.444. The number of hydrogen-bond donors (Lipinski definition) is 0. The number of hydrogen-bond acceptors (Lipinski definition) is 3. The van der Waals surface area contributed by atoms with E-state index in [4.69, 9.17) is 0 Å². The van der Waals surface area contributed by atoms with E-state index in [0.717, 1.165) is 55.7 Å².